The Labute approximate surface area is 208 Å². The zero-order valence-corrected chi connectivity index (χ0v) is 19.7. The number of hydrogen-bond acceptors (Lipinski definition) is 7. The number of pyridine rings is 1. The highest BCUT2D eigenvalue weighted by molar-refractivity contribution is 7.91. The molecule has 0 fully saturated rings. The Bertz CT molecular complexity index is 1330. The monoisotopic (exact) mass is 543 g/mol. The van der Waals surface area contributed by atoms with E-state index in [1.165, 1.54) is 30.3 Å². The predicted octanol–water partition coefficient (Wildman–Crippen LogP) is 4.91. The quantitative estimate of drug-likeness (QED) is 0.387. The van der Waals surface area contributed by atoms with Gasteiger partial charge in [-0.05, 0) is 54.6 Å². The highest BCUT2D eigenvalue weighted by Crippen LogP contribution is 2.24. The average molecular weight is 544 g/mol. The first kappa shape index (κ1) is 26.8. The summed E-state index contributed by atoms with van der Waals surface area (Å²) in [5, 5.41) is 4.83. The van der Waals surface area contributed by atoms with E-state index in [9.17, 15) is 31.2 Å². The van der Waals surface area contributed by atoms with Gasteiger partial charge in [0.1, 0.15) is 12.4 Å². The number of aromatic nitrogens is 1. The van der Waals surface area contributed by atoms with Gasteiger partial charge in [-0.1, -0.05) is 17.7 Å². The molecule has 9 nitrogen and oxygen atoms in total. The zero-order chi connectivity index (χ0) is 26.3. The molecule has 36 heavy (non-hydrogen) atoms. The van der Waals surface area contributed by atoms with Crippen LogP contribution in [0.3, 0.4) is 0 Å². The number of sulfone groups is 1. The van der Waals surface area contributed by atoms with Gasteiger partial charge in [0.05, 0.1) is 23.2 Å². The van der Waals surface area contributed by atoms with E-state index in [4.69, 9.17) is 16.3 Å². The van der Waals surface area contributed by atoms with Gasteiger partial charge in [-0.2, -0.15) is 0 Å². The van der Waals surface area contributed by atoms with E-state index in [1.54, 1.807) is 12.1 Å². The van der Waals surface area contributed by atoms with Gasteiger partial charge in [0.2, 0.25) is 0 Å². The number of alkyl halides is 3. The summed E-state index contributed by atoms with van der Waals surface area (Å²) in [6.45, 7) is -0.412. The Kier molecular flexibility index (Phi) is 8.37. The summed E-state index contributed by atoms with van der Waals surface area (Å²) < 4.78 is 70.2. The summed E-state index contributed by atoms with van der Waals surface area (Å²) in [6, 6.07) is 12.1. The van der Waals surface area contributed by atoms with Gasteiger partial charge in [0.25, 0.3) is 0 Å². The van der Waals surface area contributed by atoms with Crippen LogP contribution in [0.1, 0.15) is 10.4 Å². The minimum Gasteiger partial charge on any atom is -0.461 e. The van der Waals surface area contributed by atoms with Crippen molar-refractivity contribution in [1.29, 1.82) is 0 Å². The Morgan fingerprint density at radius 3 is 2.25 bits per heavy atom. The van der Waals surface area contributed by atoms with Crippen LogP contribution >= 0.6 is 11.6 Å². The van der Waals surface area contributed by atoms with E-state index >= 15 is 0 Å². The molecule has 0 saturated carbocycles. The lowest BCUT2D eigenvalue weighted by molar-refractivity contribution is -0.274. The van der Waals surface area contributed by atoms with Crippen LogP contribution < -0.4 is 15.4 Å². The third kappa shape index (κ3) is 8.13. The number of halogens is 4. The molecule has 2 N–H and O–H groups in total. The first-order chi connectivity index (χ1) is 16.9. The third-order valence-corrected chi connectivity index (χ3v) is 6.12. The molecule has 0 bridgehead atoms. The molecule has 0 aliphatic carbocycles. The lowest BCUT2D eigenvalue weighted by atomic mass is 10.2. The topological polar surface area (TPSA) is 124 Å². The van der Waals surface area contributed by atoms with Crippen LogP contribution in [0.15, 0.2) is 71.9 Å². The van der Waals surface area contributed by atoms with E-state index in [-0.39, 0.29) is 22.0 Å². The van der Waals surface area contributed by atoms with Crippen LogP contribution in [0.4, 0.5) is 29.3 Å². The number of benzene rings is 2. The molecule has 0 aliphatic heterocycles. The Balaban J connectivity index is 1.50. The van der Waals surface area contributed by atoms with Crippen molar-refractivity contribution in [2.75, 3.05) is 23.0 Å². The lowest BCUT2D eigenvalue weighted by Crippen LogP contribution is -2.20. The molecule has 1 aromatic heterocycles. The number of carbonyl (C=O) groups is 2. The smallest absolute Gasteiger partial charge is 0.461 e. The molecule has 0 saturated heterocycles. The SMILES string of the molecule is O=C(Nc1ccc(OC(F)(F)F)cc1)Nc1ccc(S(=O)(=O)CCOC(=O)c2cccc(Cl)c2)nc1. The van der Waals surface area contributed by atoms with Gasteiger partial charge in [-0.3, -0.25) is 0 Å². The largest absolute Gasteiger partial charge is 0.573 e. The predicted molar refractivity (Wildman–Crippen MR) is 124 cm³/mol. The zero-order valence-electron chi connectivity index (χ0n) is 18.1. The Hall–Kier alpha value is -3.84. The van der Waals surface area contributed by atoms with Crippen molar-refractivity contribution in [3.63, 3.8) is 0 Å². The van der Waals surface area contributed by atoms with E-state index in [0.717, 1.165) is 24.4 Å². The van der Waals surface area contributed by atoms with Gasteiger partial charge in [0.15, 0.2) is 14.9 Å². The second-order valence-corrected chi connectivity index (χ2v) is 9.49. The molecule has 0 unspecified atom stereocenters. The van der Waals surface area contributed by atoms with Gasteiger partial charge in [0, 0.05) is 10.7 Å². The summed E-state index contributed by atoms with van der Waals surface area (Å²) in [5.41, 5.74) is 0.509. The van der Waals surface area contributed by atoms with Crippen molar-refractivity contribution in [2.45, 2.75) is 11.4 Å². The molecule has 3 rings (SSSR count). The van der Waals surface area contributed by atoms with Crippen molar-refractivity contribution in [3.05, 3.63) is 77.4 Å². The molecule has 190 valence electrons. The van der Waals surface area contributed by atoms with Crippen LogP contribution in [-0.4, -0.2) is 44.1 Å². The maximum atomic E-state index is 12.4. The maximum Gasteiger partial charge on any atom is 0.573 e. The van der Waals surface area contributed by atoms with E-state index in [0.29, 0.717) is 5.02 Å². The van der Waals surface area contributed by atoms with E-state index in [1.807, 2.05) is 0 Å². The Morgan fingerprint density at radius 1 is 0.972 bits per heavy atom. The van der Waals surface area contributed by atoms with Crippen LogP contribution in [0.5, 0.6) is 5.75 Å². The summed E-state index contributed by atoms with van der Waals surface area (Å²) in [4.78, 5) is 27.9. The summed E-state index contributed by atoms with van der Waals surface area (Å²) >= 11 is 5.80. The summed E-state index contributed by atoms with van der Waals surface area (Å²) in [5.74, 6) is -1.70. The fraction of sp³-hybridized carbons (Fsp3) is 0.136. The summed E-state index contributed by atoms with van der Waals surface area (Å²) in [7, 11) is -3.89. The summed E-state index contributed by atoms with van der Waals surface area (Å²) in [6.07, 6.45) is -3.73. The third-order valence-electron chi connectivity index (χ3n) is 4.30. The molecule has 2 amide bonds. The molecular weight excluding hydrogens is 527 g/mol. The molecular formula is C22H17ClF3N3O6S. The van der Waals surface area contributed by atoms with Crippen molar-refractivity contribution < 1.29 is 40.7 Å². The van der Waals surface area contributed by atoms with Crippen molar-refractivity contribution >= 4 is 44.8 Å². The number of urea groups is 1. The standard InChI is InChI=1S/C22H17ClF3N3O6S/c23-15-3-1-2-14(12-15)20(30)34-10-11-36(32,33)19-9-6-17(13-27-19)29-21(31)28-16-4-7-18(8-5-16)35-22(24,25)26/h1-9,12-13H,10-11H2,(H2,28,29,31). The second-order valence-electron chi connectivity index (χ2n) is 7.00. The van der Waals surface area contributed by atoms with E-state index < -0.39 is 46.3 Å². The van der Waals surface area contributed by atoms with E-state index in [2.05, 4.69) is 20.4 Å². The molecule has 0 spiro atoms. The number of hydrogen-bond donors (Lipinski definition) is 2. The molecule has 0 aliphatic rings. The number of carbonyl (C=O) groups excluding carboxylic acids is 2. The molecule has 0 radical (unpaired) electrons. The van der Waals surface area contributed by atoms with Crippen LogP contribution in [-0.2, 0) is 14.6 Å². The second kappa shape index (κ2) is 11.3. The molecule has 3 aromatic rings. The number of rotatable bonds is 8. The highest BCUT2D eigenvalue weighted by atomic mass is 35.5. The normalized spacial score (nSPS) is 11.4. The first-order valence-electron chi connectivity index (χ1n) is 9.97. The maximum absolute atomic E-state index is 12.4. The minimum atomic E-state index is -4.83. The number of nitrogens with one attached hydrogen (secondary N) is 2. The van der Waals surface area contributed by atoms with Gasteiger partial charge in [-0.25, -0.2) is 23.0 Å². The Morgan fingerprint density at radius 2 is 1.64 bits per heavy atom. The van der Waals surface area contributed by atoms with Crippen LogP contribution in [0, 0.1) is 0 Å². The first-order valence-corrected chi connectivity index (χ1v) is 12.0. The molecule has 0 atom stereocenters. The number of ether oxygens (including phenoxy) is 2. The van der Waals surface area contributed by atoms with Gasteiger partial charge in [-0.15, -0.1) is 13.2 Å². The molecule has 14 heteroatoms. The van der Waals surface area contributed by atoms with Gasteiger partial charge < -0.3 is 20.1 Å². The van der Waals surface area contributed by atoms with Crippen molar-refractivity contribution in [2.24, 2.45) is 0 Å². The number of esters is 1. The van der Waals surface area contributed by atoms with Crippen LogP contribution in [0.25, 0.3) is 0 Å². The minimum absolute atomic E-state index is 0.149. The van der Waals surface area contributed by atoms with Crippen molar-refractivity contribution in [3.8, 4) is 5.75 Å². The van der Waals surface area contributed by atoms with Crippen molar-refractivity contribution in [1.82, 2.24) is 4.98 Å². The number of nitrogens with zero attached hydrogens (tertiary/aromatic N) is 1. The highest BCUT2D eigenvalue weighted by Gasteiger charge is 2.31. The number of amides is 2. The lowest BCUT2D eigenvalue weighted by Gasteiger charge is -2.11. The fourth-order valence-corrected chi connectivity index (χ4v) is 3.91. The number of anilines is 2. The van der Waals surface area contributed by atoms with Gasteiger partial charge >= 0.3 is 18.4 Å². The molecule has 2 aromatic carbocycles. The fourth-order valence-electron chi connectivity index (χ4n) is 2.72. The average Bonchev–Trinajstić information content (AvgIpc) is 2.79. The molecule has 1 heterocycles. The van der Waals surface area contributed by atoms with Crippen LogP contribution in [0.2, 0.25) is 5.02 Å².